The lowest BCUT2D eigenvalue weighted by molar-refractivity contribution is -0.136. The Bertz CT molecular complexity index is 235. The van der Waals surface area contributed by atoms with Crippen molar-refractivity contribution in [1.82, 2.24) is 5.32 Å². The standard InChI is InChI=1S/C9H13NO2/c1-12-9(11)6-2-7-4-10-5-8(7)3-6/h2,7-8,10H,3-5H2,1H3/t7-,8+/m1/s1. The number of esters is 1. The number of hydrogen-bond acceptors (Lipinski definition) is 3. The molecule has 1 aliphatic carbocycles. The van der Waals surface area contributed by atoms with Gasteiger partial charge in [0.1, 0.15) is 0 Å². The van der Waals surface area contributed by atoms with Crippen LogP contribution in [0.3, 0.4) is 0 Å². The summed E-state index contributed by atoms with van der Waals surface area (Å²) in [5.41, 5.74) is 0.869. The maximum absolute atomic E-state index is 11.1. The Morgan fingerprint density at radius 2 is 2.50 bits per heavy atom. The highest BCUT2D eigenvalue weighted by atomic mass is 16.5. The molecule has 0 amide bonds. The summed E-state index contributed by atoms with van der Waals surface area (Å²) >= 11 is 0. The first kappa shape index (κ1) is 7.80. The van der Waals surface area contributed by atoms with Crippen LogP contribution in [0.25, 0.3) is 0 Å². The minimum atomic E-state index is -0.149. The van der Waals surface area contributed by atoms with Crippen molar-refractivity contribution in [3.8, 4) is 0 Å². The minimum absolute atomic E-state index is 0.149. The topological polar surface area (TPSA) is 38.3 Å². The van der Waals surface area contributed by atoms with Crippen molar-refractivity contribution in [1.29, 1.82) is 0 Å². The third-order valence-corrected chi connectivity index (χ3v) is 2.74. The second-order valence-electron chi connectivity index (χ2n) is 3.47. The number of fused-ring (bicyclic) bond motifs is 1. The predicted molar refractivity (Wildman–Crippen MR) is 44.6 cm³/mol. The molecule has 3 nitrogen and oxygen atoms in total. The van der Waals surface area contributed by atoms with Crippen molar-refractivity contribution in [3.05, 3.63) is 11.6 Å². The molecule has 0 bridgehead atoms. The van der Waals surface area contributed by atoms with Gasteiger partial charge in [-0.05, 0) is 24.8 Å². The van der Waals surface area contributed by atoms with Crippen LogP contribution in [0.5, 0.6) is 0 Å². The van der Waals surface area contributed by atoms with Gasteiger partial charge in [0.05, 0.1) is 7.11 Å². The minimum Gasteiger partial charge on any atom is -0.466 e. The van der Waals surface area contributed by atoms with Crippen molar-refractivity contribution in [2.45, 2.75) is 6.42 Å². The highest BCUT2D eigenvalue weighted by Gasteiger charge is 2.33. The number of carbonyl (C=O) groups is 1. The van der Waals surface area contributed by atoms with E-state index >= 15 is 0 Å². The summed E-state index contributed by atoms with van der Waals surface area (Å²) in [7, 11) is 1.44. The smallest absolute Gasteiger partial charge is 0.333 e. The van der Waals surface area contributed by atoms with Gasteiger partial charge in [-0.1, -0.05) is 6.08 Å². The predicted octanol–water partition coefficient (Wildman–Crippen LogP) is 0.325. The van der Waals surface area contributed by atoms with Crippen molar-refractivity contribution < 1.29 is 9.53 Å². The molecule has 0 aromatic heterocycles. The molecule has 1 N–H and O–H groups in total. The molecular weight excluding hydrogens is 154 g/mol. The Kier molecular flexibility index (Phi) is 1.89. The summed E-state index contributed by atoms with van der Waals surface area (Å²) in [6.07, 6.45) is 2.96. The molecule has 2 aliphatic rings. The van der Waals surface area contributed by atoms with Gasteiger partial charge >= 0.3 is 5.97 Å². The highest BCUT2D eigenvalue weighted by molar-refractivity contribution is 5.89. The van der Waals surface area contributed by atoms with E-state index in [0.717, 1.165) is 25.1 Å². The zero-order valence-corrected chi connectivity index (χ0v) is 7.17. The molecule has 2 atom stereocenters. The van der Waals surface area contributed by atoms with E-state index in [1.807, 2.05) is 0 Å². The van der Waals surface area contributed by atoms with Crippen LogP contribution in [0.2, 0.25) is 0 Å². The first-order valence-corrected chi connectivity index (χ1v) is 4.31. The molecule has 1 saturated heterocycles. The fourth-order valence-electron chi connectivity index (χ4n) is 2.06. The molecule has 0 saturated carbocycles. The fraction of sp³-hybridized carbons (Fsp3) is 0.667. The van der Waals surface area contributed by atoms with Crippen molar-refractivity contribution >= 4 is 5.97 Å². The van der Waals surface area contributed by atoms with Crippen LogP contribution in [0, 0.1) is 11.8 Å². The molecule has 1 aliphatic heterocycles. The molecular formula is C9H13NO2. The Labute approximate surface area is 71.8 Å². The molecule has 2 rings (SSSR count). The fourth-order valence-corrected chi connectivity index (χ4v) is 2.06. The summed E-state index contributed by atoms with van der Waals surface area (Å²) < 4.78 is 4.67. The molecule has 0 aromatic carbocycles. The van der Waals surface area contributed by atoms with E-state index in [0.29, 0.717) is 11.8 Å². The Balaban J connectivity index is 2.07. The molecule has 66 valence electrons. The molecule has 1 heterocycles. The van der Waals surface area contributed by atoms with E-state index in [1.165, 1.54) is 7.11 Å². The van der Waals surface area contributed by atoms with Crippen LogP contribution >= 0.6 is 0 Å². The van der Waals surface area contributed by atoms with E-state index in [4.69, 9.17) is 0 Å². The van der Waals surface area contributed by atoms with Crippen molar-refractivity contribution in [2.75, 3.05) is 20.2 Å². The average Bonchev–Trinajstić information content (AvgIpc) is 2.60. The highest BCUT2D eigenvalue weighted by Crippen LogP contribution is 2.33. The van der Waals surface area contributed by atoms with Crippen LogP contribution in [0.4, 0.5) is 0 Å². The maximum Gasteiger partial charge on any atom is 0.333 e. The van der Waals surface area contributed by atoms with E-state index < -0.39 is 0 Å². The third kappa shape index (κ3) is 1.14. The Morgan fingerprint density at radius 1 is 1.67 bits per heavy atom. The first-order valence-electron chi connectivity index (χ1n) is 4.31. The Hall–Kier alpha value is -0.830. The van der Waals surface area contributed by atoms with Crippen molar-refractivity contribution in [2.24, 2.45) is 11.8 Å². The van der Waals surface area contributed by atoms with Gasteiger partial charge in [0.25, 0.3) is 0 Å². The largest absolute Gasteiger partial charge is 0.466 e. The molecule has 0 radical (unpaired) electrons. The maximum atomic E-state index is 11.1. The van der Waals surface area contributed by atoms with E-state index in [1.54, 1.807) is 0 Å². The van der Waals surface area contributed by atoms with Crippen LogP contribution in [0.15, 0.2) is 11.6 Å². The van der Waals surface area contributed by atoms with Crippen LogP contribution in [-0.4, -0.2) is 26.2 Å². The molecule has 0 unspecified atom stereocenters. The normalized spacial score (nSPS) is 32.9. The quantitative estimate of drug-likeness (QED) is 0.572. The average molecular weight is 167 g/mol. The van der Waals surface area contributed by atoms with E-state index in [9.17, 15) is 4.79 Å². The summed E-state index contributed by atoms with van der Waals surface area (Å²) in [4.78, 5) is 11.1. The SMILES string of the molecule is COC(=O)C1=C[C@@H]2CNC[C@@H]2C1. The molecule has 1 fully saturated rings. The number of carbonyl (C=O) groups excluding carboxylic acids is 1. The van der Waals surface area contributed by atoms with Gasteiger partial charge in [0.2, 0.25) is 0 Å². The summed E-state index contributed by atoms with van der Waals surface area (Å²) in [5.74, 6) is 1.06. The number of methoxy groups -OCH3 is 1. The number of nitrogens with one attached hydrogen (secondary N) is 1. The van der Waals surface area contributed by atoms with Gasteiger partial charge in [0, 0.05) is 12.1 Å². The number of rotatable bonds is 1. The lowest BCUT2D eigenvalue weighted by Gasteiger charge is -2.04. The summed E-state index contributed by atoms with van der Waals surface area (Å²) in [6.45, 7) is 2.06. The summed E-state index contributed by atoms with van der Waals surface area (Å²) in [5, 5.41) is 3.31. The van der Waals surface area contributed by atoms with Crippen molar-refractivity contribution in [3.63, 3.8) is 0 Å². The lowest BCUT2D eigenvalue weighted by Crippen LogP contribution is -2.11. The summed E-state index contributed by atoms with van der Waals surface area (Å²) in [6, 6.07) is 0. The van der Waals surface area contributed by atoms with Gasteiger partial charge in [-0.2, -0.15) is 0 Å². The molecule has 0 spiro atoms. The third-order valence-electron chi connectivity index (χ3n) is 2.74. The van der Waals surface area contributed by atoms with Gasteiger partial charge in [-0.3, -0.25) is 0 Å². The second-order valence-corrected chi connectivity index (χ2v) is 3.47. The van der Waals surface area contributed by atoms with Gasteiger partial charge < -0.3 is 10.1 Å². The van der Waals surface area contributed by atoms with Crippen LogP contribution in [0.1, 0.15) is 6.42 Å². The number of ether oxygens (including phenoxy) is 1. The molecule has 12 heavy (non-hydrogen) atoms. The lowest BCUT2D eigenvalue weighted by atomic mass is 10.00. The van der Waals surface area contributed by atoms with E-state index in [-0.39, 0.29) is 5.97 Å². The zero-order valence-electron chi connectivity index (χ0n) is 7.17. The zero-order chi connectivity index (χ0) is 8.55. The Morgan fingerprint density at radius 3 is 3.17 bits per heavy atom. The van der Waals surface area contributed by atoms with E-state index in [2.05, 4.69) is 16.1 Å². The first-order chi connectivity index (χ1) is 5.81. The molecule has 0 aromatic rings. The van der Waals surface area contributed by atoms with Crippen LogP contribution in [-0.2, 0) is 9.53 Å². The monoisotopic (exact) mass is 167 g/mol. The van der Waals surface area contributed by atoms with Gasteiger partial charge in [-0.25, -0.2) is 4.79 Å². The second kappa shape index (κ2) is 2.90. The van der Waals surface area contributed by atoms with Gasteiger partial charge in [-0.15, -0.1) is 0 Å². The van der Waals surface area contributed by atoms with Crippen LogP contribution < -0.4 is 5.32 Å². The molecule has 3 heteroatoms. The van der Waals surface area contributed by atoms with Gasteiger partial charge in [0.15, 0.2) is 0 Å². The number of hydrogen-bond donors (Lipinski definition) is 1.